The van der Waals surface area contributed by atoms with E-state index in [-0.39, 0.29) is 5.91 Å². The Labute approximate surface area is 125 Å². The van der Waals surface area contributed by atoms with Crippen LogP contribution in [0.2, 0.25) is 0 Å². The van der Waals surface area contributed by atoms with Crippen LogP contribution in [0.15, 0.2) is 24.3 Å². The Morgan fingerprint density at radius 1 is 1.38 bits per heavy atom. The fraction of sp³-hybridized carbons (Fsp3) is 0.438. The number of carbonyl (C=O) groups excluding carboxylic acids is 1. The van der Waals surface area contributed by atoms with Crippen molar-refractivity contribution in [3.8, 4) is 18.1 Å². The number of anilines is 1. The first-order valence-corrected chi connectivity index (χ1v) is 7.05. The minimum atomic E-state index is 0.107. The molecular weight excluding hydrogens is 266 g/mol. The molecule has 2 rings (SSSR count). The summed E-state index contributed by atoms with van der Waals surface area (Å²) >= 11 is 0. The lowest BCUT2D eigenvalue weighted by atomic mass is 10.2. The number of hydrogen-bond acceptors (Lipinski definition) is 4. The van der Waals surface area contributed by atoms with E-state index in [0.717, 1.165) is 37.6 Å². The van der Waals surface area contributed by atoms with Crippen LogP contribution < -0.4 is 15.0 Å². The average Bonchev–Trinajstić information content (AvgIpc) is 2.55. The lowest BCUT2D eigenvalue weighted by molar-refractivity contribution is -0.130. The van der Waals surface area contributed by atoms with Crippen molar-refractivity contribution in [1.29, 1.82) is 0 Å². The first kappa shape index (κ1) is 15.2. The molecule has 1 fully saturated rings. The molecule has 0 radical (unpaired) electrons. The number of carbonyl (C=O) groups is 1. The maximum atomic E-state index is 12.0. The molecule has 1 saturated heterocycles. The van der Waals surface area contributed by atoms with Gasteiger partial charge >= 0.3 is 0 Å². The molecule has 0 bridgehead atoms. The number of nitrogens with one attached hydrogen (secondary N) is 1. The largest absolute Gasteiger partial charge is 0.497 e. The number of piperazine rings is 1. The van der Waals surface area contributed by atoms with Gasteiger partial charge in [0.05, 0.1) is 20.2 Å². The summed E-state index contributed by atoms with van der Waals surface area (Å²) in [5.41, 5.74) is 1.13. The number of hydrogen-bond donors (Lipinski definition) is 1. The summed E-state index contributed by atoms with van der Waals surface area (Å²) in [6.07, 6.45) is 5.15. The van der Waals surface area contributed by atoms with E-state index in [4.69, 9.17) is 11.2 Å². The molecule has 1 aliphatic heterocycles. The van der Waals surface area contributed by atoms with Gasteiger partial charge in [-0.3, -0.25) is 10.1 Å². The first-order valence-electron chi connectivity index (χ1n) is 7.05. The maximum absolute atomic E-state index is 12.0. The molecule has 0 saturated carbocycles. The molecule has 0 unspecified atom stereocenters. The summed E-state index contributed by atoms with van der Waals surface area (Å²) in [7, 11) is 1.67. The number of methoxy groups -OCH3 is 1. The second kappa shape index (κ2) is 7.55. The van der Waals surface area contributed by atoms with E-state index < -0.39 is 0 Å². The number of nitrogens with zero attached hydrogens (tertiary/aromatic N) is 2. The van der Waals surface area contributed by atoms with E-state index >= 15 is 0 Å². The minimum absolute atomic E-state index is 0.107. The van der Waals surface area contributed by atoms with Crippen LogP contribution in [-0.2, 0) is 4.79 Å². The van der Waals surface area contributed by atoms with Crippen molar-refractivity contribution in [2.24, 2.45) is 0 Å². The third-order valence-corrected chi connectivity index (χ3v) is 3.55. The lowest BCUT2D eigenvalue weighted by Gasteiger charge is -2.36. The van der Waals surface area contributed by atoms with Crippen LogP contribution in [0.3, 0.4) is 0 Å². The Morgan fingerprint density at radius 3 is 2.81 bits per heavy atom. The van der Waals surface area contributed by atoms with Crippen LogP contribution in [-0.4, -0.2) is 57.2 Å². The number of ether oxygens (including phenoxy) is 1. The monoisotopic (exact) mass is 287 g/mol. The van der Waals surface area contributed by atoms with E-state index in [1.165, 1.54) is 0 Å². The molecule has 0 spiro atoms. The Hall–Kier alpha value is -2.19. The van der Waals surface area contributed by atoms with Crippen LogP contribution in [0.25, 0.3) is 0 Å². The molecule has 0 atom stereocenters. The SMILES string of the molecule is C#CCNCC(=O)N1CCN(c2cccc(OC)c2)CC1. The van der Waals surface area contributed by atoms with Gasteiger partial charge in [-0.25, -0.2) is 0 Å². The van der Waals surface area contributed by atoms with Gasteiger partial charge < -0.3 is 14.5 Å². The lowest BCUT2D eigenvalue weighted by Crippen LogP contribution is -2.50. The average molecular weight is 287 g/mol. The van der Waals surface area contributed by atoms with Gasteiger partial charge in [0.15, 0.2) is 0 Å². The van der Waals surface area contributed by atoms with Crippen molar-refractivity contribution in [3.63, 3.8) is 0 Å². The fourth-order valence-corrected chi connectivity index (χ4v) is 2.37. The summed E-state index contributed by atoms with van der Waals surface area (Å²) in [6.45, 7) is 3.85. The van der Waals surface area contributed by atoms with Crippen LogP contribution in [0.4, 0.5) is 5.69 Å². The number of amides is 1. The molecule has 1 aromatic carbocycles. The molecule has 1 aliphatic rings. The van der Waals surface area contributed by atoms with Crippen molar-refractivity contribution >= 4 is 11.6 Å². The van der Waals surface area contributed by atoms with E-state index in [1.54, 1.807) is 7.11 Å². The summed E-state index contributed by atoms with van der Waals surface area (Å²) in [5, 5.41) is 2.93. The van der Waals surface area contributed by atoms with E-state index in [9.17, 15) is 4.79 Å². The van der Waals surface area contributed by atoms with Crippen molar-refractivity contribution < 1.29 is 9.53 Å². The Kier molecular flexibility index (Phi) is 5.47. The van der Waals surface area contributed by atoms with Gasteiger partial charge in [0.25, 0.3) is 0 Å². The van der Waals surface area contributed by atoms with Crippen LogP contribution in [0.1, 0.15) is 0 Å². The minimum Gasteiger partial charge on any atom is -0.497 e. The Bertz CT molecular complexity index is 516. The highest BCUT2D eigenvalue weighted by molar-refractivity contribution is 5.78. The summed E-state index contributed by atoms with van der Waals surface area (Å²) in [4.78, 5) is 16.1. The van der Waals surface area contributed by atoms with E-state index in [0.29, 0.717) is 13.1 Å². The second-order valence-electron chi connectivity index (χ2n) is 4.88. The van der Waals surface area contributed by atoms with Gasteiger partial charge in [-0.05, 0) is 12.1 Å². The highest BCUT2D eigenvalue weighted by Crippen LogP contribution is 2.21. The highest BCUT2D eigenvalue weighted by atomic mass is 16.5. The molecule has 112 valence electrons. The number of benzene rings is 1. The molecule has 5 heteroatoms. The van der Waals surface area contributed by atoms with Crippen molar-refractivity contribution in [2.75, 3.05) is 51.3 Å². The zero-order valence-corrected chi connectivity index (χ0v) is 12.3. The summed E-state index contributed by atoms with van der Waals surface area (Å²) in [6, 6.07) is 8.00. The molecule has 1 N–H and O–H groups in total. The van der Waals surface area contributed by atoms with Gasteiger partial charge in [-0.1, -0.05) is 12.0 Å². The standard InChI is InChI=1S/C16H21N3O2/c1-3-7-17-13-16(20)19-10-8-18(9-11-19)14-5-4-6-15(12-14)21-2/h1,4-6,12,17H,7-11,13H2,2H3. The zero-order valence-electron chi connectivity index (χ0n) is 12.3. The second-order valence-corrected chi connectivity index (χ2v) is 4.88. The Balaban J connectivity index is 1.85. The fourth-order valence-electron chi connectivity index (χ4n) is 2.37. The van der Waals surface area contributed by atoms with Crippen molar-refractivity contribution in [1.82, 2.24) is 10.2 Å². The maximum Gasteiger partial charge on any atom is 0.236 e. The van der Waals surface area contributed by atoms with Gasteiger partial charge in [-0.2, -0.15) is 0 Å². The van der Waals surface area contributed by atoms with Gasteiger partial charge in [0.2, 0.25) is 5.91 Å². The van der Waals surface area contributed by atoms with Crippen LogP contribution in [0, 0.1) is 12.3 Å². The van der Waals surface area contributed by atoms with Gasteiger partial charge in [0.1, 0.15) is 5.75 Å². The Morgan fingerprint density at radius 2 is 2.14 bits per heavy atom. The molecule has 21 heavy (non-hydrogen) atoms. The van der Waals surface area contributed by atoms with Gasteiger partial charge in [-0.15, -0.1) is 6.42 Å². The smallest absolute Gasteiger partial charge is 0.236 e. The molecule has 0 aliphatic carbocycles. The van der Waals surface area contributed by atoms with Crippen molar-refractivity contribution in [3.05, 3.63) is 24.3 Å². The third-order valence-electron chi connectivity index (χ3n) is 3.55. The molecule has 5 nitrogen and oxygen atoms in total. The van der Waals surface area contributed by atoms with E-state index in [1.807, 2.05) is 23.1 Å². The van der Waals surface area contributed by atoms with E-state index in [2.05, 4.69) is 22.2 Å². The number of rotatable bonds is 5. The zero-order chi connectivity index (χ0) is 15.1. The molecule has 0 aromatic heterocycles. The van der Waals surface area contributed by atoms with Gasteiger partial charge in [0, 0.05) is 37.9 Å². The number of terminal acetylenes is 1. The van der Waals surface area contributed by atoms with Crippen LogP contribution in [0.5, 0.6) is 5.75 Å². The molecular formula is C16H21N3O2. The predicted octanol–water partition coefficient (Wildman–Crippen LogP) is 0.567. The third kappa shape index (κ3) is 4.14. The quantitative estimate of drug-likeness (QED) is 0.635. The van der Waals surface area contributed by atoms with Crippen molar-refractivity contribution in [2.45, 2.75) is 0 Å². The highest BCUT2D eigenvalue weighted by Gasteiger charge is 2.20. The molecule has 1 aromatic rings. The summed E-state index contributed by atoms with van der Waals surface area (Å²) < 4.78 is 5.24. The molecule has 1 amide bonds. The predicted molar refractivity (Wildman–Crippen MR) is 83.5 cm³/mol. The van der Waals surface area contributed by atoms with Crippen LogP contribution >= 0.6 is 0 Å². The summed E-state index contributed by atoms with van der Waals surface area (Å²) in [5.74, 6) is 3.42. The normalized spacial score (nSPS) is 14.7. The first-order chi connectivity index (χ1) is 10.2. The molecule has 1 heterocycles. The topological polar surface area (TPSA) is 44.8 Å².